The second kappa shape index (κ2) is 5.59. The topological polar surface area (TPSA) is 126 Å². The van der Waals surface area contributed by atoms with Crippen molar-refractivity contribution in [3.63, 3.8) is 0 Å². The van der Waals surface area contributed by atoms with E-state index in [4.69, 9.17) is 10.8 Å². The van der Waals surface area contributed by atoms with Crippen molar-refractivity contribution in [1.82, 2.24) is 25.0 Å². The Morgan fingerprint density at radius 3 is 2.88 bits per heavy atom. The molecule has 0 saturated carbocycles. The number of pyridine rings is 1. The van der Waals surface area contributed by atoms with Crippen LogP contribution in [0.15, 0.2) is 36.7 Å². The molecule has 0 spiro atoms. The number of nitrogens with zero attached hydrogens (tertiary/aromatic N) is 4. The second-order valence-corrected chi connectivity index (χ2v) is 5.62. The first-order valence-electron chi connectivity index (χ1n) is 7.51. The largest absolute Gasteiger partial charge is 0.394 e. The average molecular weight is 324 g/mol. The number of rotatable bonds is 4. The van der Waals surface area contributed by atoms with Gasteiger partial charge in [-0.2, -0.15) is 10.2 Å². The molecular formula is C16H16N6O2. The van der Waals surface area contributed by atoms with Gasteiger partial charge in [-0.15, -0.1) is 0 Å². The third-order valence-corrected chi connectivity index (χ3v) is 4.02. The van der Waals surface area contributed by atoms with Gasteiger partial charge in [-0.1, -0.05) is 6.07 Å². The summed E-state index contributed by atoms with van der Waals surface area (Å²) in [5.74, 6) is 0.379. The van der Waals surface area contributed by atoms with Gasteiger partial charge in [-0.25, -0.2) is 4.98 Å². The fraction of sp³-hybridized carbons (Fsp3) is 0.188. The van der Waals surface area contributed by atoms with Gasteiger partial charge in [0, 0.05) is 17.1 Å². The zero-order chi connectivity index (χ0) is 16.7. The van der Waals surface area contributed by atoms with Crippen LogP contribution >= 0.6 is 0 Å². The number of aliphatic hydroxyl groups excluding tert-OH is 2. The Balaban J connectivity index is 1.94. The predicted molar refractivity (Wildman–Crippen MR) is 90.1 cm³/mol. The maximum Gasteiger partial charge on any atom is 0.135 e. The monoisotopic (exact) mass is 324 g/mol. The maximum atomic E-state index is 9.73. The highest BCUT2D eigenvalue weighted by Crippen LogP contribution is 2.30. The minimum absolute atomic E-state index is 0.181. The van der Waals surface area contributed by atoms with Gasteiger partial charge in [-0.05, 0) is 18.2 Å². The summed E-state index contributed by atoms with van der Waals surface area (Å²) in [6.07, 6.45) is 2.43. The summed E-state index contributed by atoms with van der Waals surface area (Å²) < 4.78 is 1.65. The molecule has 0 radical (unpaired) electrons. The molecule has 0 amide bonds. The Kier molecular flexibility index (Phi) is 3.40. The van der Waals surface area contributed by atoms with E-state index in [1.807, 2.05) is 24.3 Å². The molecule has 3 aromatic heterocycles. The Morgan fingerprint density at radius 1 is 1.25 bits per heavy atom. The van der Waals surface area contributed by atoms with Crippen molar-refractivity contribution in [2.75, 3.05) is 12.3 Å². The number of hydrogen-bond donors (Lipinski definition) is 4. The van der Waals surface area contributed by atoms with E-state index in [2.05, 4.69) is 20.3 Å². The molecule has 8 heteroatoms. The Bertz CT molecular complexity index is 1010. The van der Waals surface area contributed by atoms with Crippen LogP contribution in [0.3, 0.4) is 0 Å². The first-order valence-corrected chi connectivity index (χ1v) is 7.51. The van der Waals surface area contributed by atoms with Crippen LogP contribution in [0.4, 0.5) is 5.82 Å². The number of fused-ring (bicyclic) bond motifs is 3. The van der Waals surface area contributed by atoms with Gasteiger partial charge in [0.05, 0.1) is 47.6 Å². The molecule has 4 aromatic rings. The highest BCUT2D eigenvalue weighted by Gasteiger charge is 2.15. The summed E-state index contributed by atoms with van der Waals surface area (Å²) in [7, 11) is 0. The van der Waals surface area contributed by atoms with Crippen LogP contribution in [0, 0.1) is 0 Å². The van der Waals surface area contributed by atoms with Crippen LogP contribution in [0.2, 0.25) is 0 Å². The molecule has 24 heavy (non-hydrogen) atoms. The highest BCUT2D eigenvalue weighted by atomic mass is 16.3. The normalized spacial score (nSPS) is 12.9. The molecule has 122 valence electrons. The first-order chi connectivity index (χ1) is 11.7. The highest BCUT2D eigenvalue weighted by molar-refractivity contribution is 6.08. The van der Waals surface area contributed by atoms with Gasteiger partial charge in [0.25, 0.3) is 0 Å². The number of H-pyrrole nitrogens is 1. The van der Waals surface area contributed by atoms with Crippen molar-refractivity contribution in [2.45, 2.75) is 12.6 Å². The van der Waals surface area contributed by atoms with E-state index in [9.17, 15) is 5.11 Å². The van der Waals surface area contributed by atoms with Gasteiger partial charge in [0.15, 0.2) is 0 Å². The van der Waals surface area contributed by atoms with Gasteiger partial charge < -0.3 is 15.9 Å². The van der Waals surface area contributed by atoms with E-state index in [1.165, 1.54) is 0 Å². The average Bonchev–Trinajstić information content (AvgIpc) is 3.24. The molecule has 1 atom stereocenters. The lowest BCUT2D eigenvalue weighted by Crippen LogP contribution is -2.20. The standard InChI is InChI=1S/C16H16N6O2/c17-16-12-6-19-22(7-10(24)8-23)15(12)11-2-1-9(5-14(11)20-16)13-3-4-18-21-13/h1-6,10,23-24H,7-8H2,(H2,17,20)(H,18,21). The van der Waals surface area contributed by atoms with Gasteiger partial charge in [0.2, 0.25) is 0 Å². The molecule has 0 saturated heterocycles. The lowest BCUT2D eigenvalue weighted by Gasteiger charge is -2.11. The SMILES string of the molecule is Nc1nc2cc(-c3ccn[nH]3)ccc2c2c1cnn2CC(O)CO. The zero-order valence-electron chi connectivity index (χ0n) is 12.7. The summed E-state index contributed by atoms with van der Waals surface area (Å²) in [5.41, 5.74) is 9.43. The summed E-state index contributed by atoms with van der Waals surface area (Å²) in [6.45, 7) is -0.148. The molecular weight excluding hydrogens is 308 g/mol. The van der Waals surface area contributed by atoms with Crippen LogP contribution < -0.4 is 5.73 Å². The van der Waals surface area contributed by atoms with E-state index in [-0.39, 0.29) is 13.2 Å². The van der Waals surface area contributed by atoms with Crippen molar-refractivity contribution < 1.29 is 10.2 Å². The van der Waals surface area contributed by atoms with Gasteiger partial charge in [0.1, 0.15) is 5.82 Å². The van der Waals surface area contributed by atoms with Crippen LogP contribution in [-0.4, -0.2) is 47.9 Å². The quantitative estimate of drug-likeness (QED) is 0.442. The molecule has 0 bridgehead atoms. The van der Waals surface area contributed by atoms with Crippen molar-refractivity contribution in [3.8, 4) is 11.3 Å². The van der Waals surface area contributed by atoms with E-state index in [1.54, 1.807) is 17.1 Å². The molecule has 0 aliphatic carbocycles. The van der Waals surface area contributed by atoms with E-state index < -0.39 is 6.10 Å². The molecule has 1 aromatic carbocycles. The van der Waals surface area contributed by atoms with Crippen molar-refractivity contribution in [3.05, 3.63) is 36.7 Å². The number of aromatic amines is 1. The lowest BCUT2D eigenvalue weighted by atomic mass is 10.1. The molecule has 3 heterocycles. The van der Waals surface area contributed by atoms with Crippen LogP contribution in [-0.2, 0) is 6.54 Å². The third-order valence-electron chi connectivity index (χ3n) is 4.02. The fourth-order valence-electron chi connectivity index (χ4n) is 2.85. The van der Waals surface area contributed by atoms with Crippen LogP contribution in [0.25, 0.3) is 33.1 Å². The molecule has 4 rings (SSSR count). The van der Waals surface area contributed by atoms with Crippen LogP contribution in [0.1, 0.15) is 0 Å². The lowest BCUT2D eigenvalue weighted by molar-refractivity contribution is 0.0794. The molecule has 0 aliphatic heterocycles. The summed E-state index contributed by atoms with van der Waals surface area (Å²) >= 11 is 0. The maximum absolute atomic E-state index is 9.73. The van der Waals surface area contributed by atoms with Crippen molar-refractivity contribution >= 4 is 27.6 Å². The molecule has 0 fully saturated rings. The predicted octanol–water partition coefficient (Wildman–Crippen LogP) is 0.910. The Hall–Kier alpha value is -2.97. The number of nitrogen functional groups attached to an aromatic ring is 1. The molecule has 8 nitrogen and oxygen atoms in total. The second-order valence-electron chi connectivity index (χ2n) is 5.62. The summed E-state index contributed by atoms with van der Waals surface area (Å²) in [6, 6.07) is 7.72. The van der Waals surface area contributed by atoms with E-state index >= 15 is 0 Å². The van der Waals surface area contributed by atoms with Gasteiger partial charge in [-0.3, -0.25) is 9.78 Å². The number of aliphatic hydroxyl groups is 2. The Morgan fingerprint density at radius 2 is 2.12 bits per heavy atom. The number of anilines is 1. The number of benzene rings is 1. The summed E-state index contributed by atoms with van der Waals surface area (Å²) in [4.78, 5) is 4.47. The van der Waals surface area contributed by atoms with Crippen LogP contribution in [0.5, 0.6) is 0 Å². The minimum Gasteiger partial charge on any atom is -0.394 e. The smallest absolute Gasteiger partial charge is 0.135 e. The number of nitrogens with one attached hydrogen (secondary N) is 1. The zero-order valence-corrected chi connectivity index (χ0v) is 12.7. The first kappa shape index (κ1) is 14.6. The number of aromatic nitrogens is 5. The number of nitrogens with two attached hydrogens (primary N) is 1. The molecule has 5 N–H and O–H groups in total. The third kappa shape index (κ3) is 2.29. The fourth-order valence-corrected chi connectivity index (χ4v) is 2.85. The van der Waals surface area contributed by atoms with Crippen molar-refractivity contribution in [1.29, 1.82) is 0 Å². The van der Waals surface area contributed by atoms with Crippen molar-refractivity contribution in [2.24, 2.45) is 0 Å². The van der Waals surface area contributed by atoms with E-state index in [0.717, 1.165) is 33.1 Å². The summed E-state index contributed by atoms with van der Waals surface area (Å²) in [5, 5.41) is 31.6. The minimum atomic E-state index is -0.887. The van der Waals surface area contributed by atoms with Gasteiger partial charge >= 0.3 is 0 Å². The molecule has 1 unspecified atom stereocenters. The number of hydrogen-bond acceptors (Lipinski definition) is 6. The van der Waals surface area contributed by atoms with E-state index in [0.29, 0.717) is 5.82 Å². The Labute approximate surface area is 136 Å². The molecule has 0 aliphatic rings.